The van der Waals surface area contributed by atoms with Gasteiger partial charge in [0.05, 0.1) is 4.83 Å². The molecular weight excluding hydrogens is 336 g/mol. The lowest BCUT2D eigenvalue weighted by Crippen LogP contribution is -1.88. The summed E-state index contributed by atoms with van der Waals surface area (Å²) in [5, 5.41) is 2.18. The lowest BCUT2D eigenvalue weighted by Gasteiger charge is -2.07. The SMILES string of the molecule is Cc1csc(C(Br)c2ccc(Br)cc2)c1. The van der Waals surface area contributed by atoms with E-state index in [9.17, 15) is 0 Å². The molecule has 1 aromatic heterocycles. The summed E-state index contributed by atoms with van der Waals surface area (Å²) in [6, 6.07) is 10.7. The Labute approximate surface area is 111 Å². The first-order chi connectivity index (χ1) is 7.16. The second-order valence-electron chi connectivity index (χ2n) is 3.44. The van der Waals surface area contributed by atoms with Crippen LogP contribution in [0.4, 0.5) is 0 Å². The van der Waals surface area contributed by atoms with Crippen molar-refractivity contribution in [2.45, 2.75) is 11.8 Å². The molecule has 0 aliphatic rings. The van der Waals surface area contributed by atoms with Gasteiger partial charge in [-0.2, -0.15) is 0 Å². The van der Waals surface area contributed by atoms with Crippen LogP contribution in [-0.2, 0) is 0 Å². The van der Waals surface area contributed by atoms with E-state index in [-0.39, 0.29) is 0 Å². The highest BCUT2D eigenvalue weighted by molar-refractivity contribution is 9.10. The first kappa shape index (κ1) is 11.4. The molecule has 78 valence electrons. The number of thiophene rings is 1. The van der Waals surface area contributed by atoms with Crippen molar-refractivity contribution >= 4 is 43.2 Å². The Kier molecular flexibility index (Phi) is 3.65. The fourth-order valence-electron chi connectivity index (χ4n) is 1.38. The molecule has 3 heteroatoms. The molecule has 0 spiro atoms. The molecule has 0 aliphatic heterocycles. The number of halogens is 2. The molecule has 1 unspecified atom stereocenters. The van der Waals surface area contributed by atoms with Gasteiger partial charge in [-0.15, -0.1) is 11.3 Å². The highest BCUT2D eigenvalue weighted by Crippen LogP contribution is 2.35. The summed E-state index contributed by atoms with van der Waals surface area (Å²) in [6.07, 6.45) is 0. The molecule has 0 fully saturated rings. The van der Waals surface area contributed by atoms with Crippen LogP contribution >= 0.6 is 43.2 Å². The number of hydrogen-bond donors (Lipinski definition) is 0. The highest BCUT2D eigenvalue weighted by Gasteiger charge is 2.11. The van der Waals surface area contributed by atoms with E-state index in [1.165, 1.54) is 16.0 Å². The van der Waals surface area contributed by atoms with Gasteiger partial charge in [-0.1, -0.05) is 44.0 Å². The lowest BCUT2D eigenvalue weighted by atomic mass is 10.1. The topological polar surface area (TPSA) is 0 Å². The Hall–Kier alpha value is -0.120. The van der Waals surface area contributed by atoms with Gasteiger partial charge in [-0.25, -0.2) is 0 Å². The van der Waals surface area contributed by atoms with Crippen LogP contribution in [0.2, 0.25) is 0 Å². The molecule has 1 atom stereocenters. The molecule has 0 bridgehead atoms. The van der Waals surface area contributed by atoms with Crippen LogP contribution in [0.25, 0.3) is 0 Å². The number of alkyl halides is 1. The van der Waals surface area contributed by atoms with E-state index >= 15 is 0 Å². The molecule has 0 amide bonds. The van der Waals surface area contributed by atoms with Gasteiger partial charge in [0.1, 0.15) is 0 Å². The van der Waals surface area contributed by atoms with Crippen LogP contribution in [0.5, 0.6) is 0 Å². The molecule has 0 saturated heterocycles. The maximum atomic E-state index is 3.73. The Balaban J connectivity index is 2.28. The monoisotopic (exact) mass is 344 g/mol. The normalized spacial score (nSPS) is 12.7. The van der Waals surface area contributed by atoms with Crippen molar-refractivity contribution in [1.29, 1.82) is 0 Å². The fraction of sp³-hybridized carbons (Fsp3) is 0.167. The average molecular weight is 346 g/mol. The zero-order chi connectivity index (χ0) is 10.8. The van der Waals surface area contributed by atoms with Crippen LogP contribution in [0.3, 0.4) is 0 Å². The summed E-state index contributed by atoms with van der Waals surface area (Å²) in [7, 11) is 0. The van der Waals surface area contributed by atoms with E-state index in [1.54, 1.807) is 11.3 Å². The quantitative estimate of drug-likeness (QED) is 0.647. The van der Waals surface area contributed by atoms with E-state index in [2.05, 4.69) is 74.5 Å². The summed E-state index contributed by atoms with van der Waals surface area (Å²) in [5.74, 6) is 0. The predicted octanol–water partition coefficient (Wildman–Crippen LogP) is 5.30. The van der Waals surface area contributed by atoms with Crippen LogP contribution in [-0.4, -0.2) is 0 Å². The van der Waals surface area contributed by atoms with Crippen molar-refractivity contribution in [3.05, 3.63) is 56.2 Å². The van der Waals surface area contributed by atoms with Crippen LogP contribution in [0, 0.1) is 6.92 Å². The summed E-state index contributed by atoms with van der Waals surface area (Å²) in [4.78, 5) is 1.67. The van der Waals surface area contributed by atoms with Crippen molar-refractivity contribution in [2.75, 3.05) is 0 Å². The van der Waals surface area contributed by atoms with Crippen molar-refractivity contribution < 1.29 is 0 Å². The van der Waals surface area contributed by atoms with Gasteiger partial charge in [0.25, 0.3) is 0 Å². The Bertz CT molecular complexity index is 445. The van der Waals surface area contributed by atoms with E-state index in [4.69, 9.17) is 0 Å². The first-order valence-electron chi connectivity index (χ1n) is 4.61. The van der Waals surface area contributed by atoms with Crippen LogP contribution < -0.4 is 0 Å². The summed E-state index contributed by atoms with van der Waals surface area (Å²) in [6.45, 7) is 2.13. The molecule has 2 aromatic rings. The van der Waals surface area contributed by atoms with Gasteiger partial charge in [0.15, 0.2) is 0 Å². The van der Waals surface area contributed by atoms with E-state index in [0.29, 0.717) is 4.83 Å². The Morgan fingerprint density at radius 2 is 1.87 bits per heavy atom. The van der Waals surface area contributed by atoms with Gasteiger partial charge < -0.3 is 0 Å². The highest BCUT2D eigenvalue weighted by atomic mass is 79.9. The second kappa shape index (κ2) is 4.81. The minimum atomic E-state index is 0.310. The van der Waals surface area contributed by atoms with Gasteiger partial charge >= 0.3 is 0 Å². The second-order valence-corrected chi connectivity index (χ2v) is 6.21. The summed E-state index contributed by atoms with van der Waals surface area (Å²) >= 11 is 8.97. The predicted molar refractivity (Wildman–Crippen MR) is 74.0 cm³/mol. The van der Waals surface area contributed by atoms with Gasteiger partial charge in [0, 0.05) is 9.35 Å². The van der Waals surface area contributed by atoms with Crippen molar-refractivity contribution in [3.8, 4) is 0 Å². The van der Waals surface area contributed by atoms with Crippen LogP contribution in [0.15, 0.2) is 40.2 Å². The molecule has 0 aliphatic carbocycles. The first-order valence-corrected chi connectivity index (χ1v) is 7.20. The minimum absolute atomic E-state index is 0.310. The third-order valence-electron chi connectivity index (χ3n) is 2.16. The third-order valence-corrected chi connectivity index (χ3v) is 5.13. The molecule has 0 radical (unpaired) electrons. The van der Waals surface area contributed by atoms with Gasteiger partial charge in [-0.05, 0) is 41.6 Å². The molecule has 0 nitrogen and oxygen atoms in total. The number of hydrogen-bond acceptors (Lipinski definition) is 1. The van der Waals surface area contributed by atoms with Crippen molar-refractivity contribution in [2.24, 2.45) is 0 Å². The van der Waals surface area contributed by atoms with Crippen LogP contribution in [0.1, 0.15) is 20.8 Å². The van der Waals surface area contributed by atoms with E-state index in [0.717, 1.165) is 4.47 Å². The molecule has 1 aromatic carbocycles. The number of aryl methyl sites for hydroxylation is 1. The van der Waals surface area contributed by atoms with Crippen molar-refractivity contribution in [3.63, 3.8) is 0 Å². The number of rotatable bonds is 2. The van der Waals surface area contributed by atoms with Crippen molar-refractivity contribution in [1.82, 2.24) is 0 Å². The molecule has 2 rings (SSSR count). The number of benzene rings is 1. The smallest absolute Gasteiger partial charge is 0.0738 e. The van der Waals surface area contributed by atoms with Gasteiger partial charge in [0.2, 0.25) is 0 Å². The fourth-order valence-corrected chi connectivity index (χ4v) is 3.31. The maximum Gasteiger partial charge on any atom is 0.0738 e. The average Bonchev–Trinajstić information content (AvgIpc) is 2.65. The standard InChI is InChI=1S/C12H10Br2S/c1-8-6-11(15-7-8)12(14)9-2-4-10(13)5-3-9/h2-7,12H,1H3. The van der Waals surface area contributed by atoms with Gasteiger partial charge in [-0.3, -0.25) is 0 Å². The lowest BCUT2D eigenvalue weighted by molar-refractivity contribution is 1.22. The van der Waals surface area contributed by atoms with E-state index < -0.39 is 0 Å². The molecular formula is C12H10Br2S. The van der Waals surface area contributed by atoms with E-state index in [1.807, 2.05) is 0 Å². The minimum Gasteiger partial charge on any atom is -0.147 e. The Morgan fingerprint density at radius 3 is 2.40 bits per heavy atom. The molecule has 15 heavy (non-hydrogen) atoms. The molecule has 0 N–H and O–H groups in total. The largest absolute Gasteiger partial charge is 0.147 e. The zero-order valence-corrected chi connectivity index (χ0v) is 12.2. The molecule has 1 heterocycles. The summed E-state index contributed by atoms with van der Waals surface area (Å²) in [5.41, 5.74) is 2.62. The zero-order valence-electron chi connectivity index (χ0n) is 8.21. The third kappa shape index (κ3) is 2.71. The maximum absolute atomic E-state index is 3.73. The Morgan fingerprint density at radius 1 is 1.20 bits per heavy atom. The molecule has 0 saturated carbocycles. The summed E-state index contributed by atoms with van der Waals surface area (Å²) < 4.78 is 1.12.